The van der Waals surface area contributed by atoms with Crippen LogP contribution in [0.4, 0.5) is 0 Å². The van der Waals surface area contributed by atoms with Crippen LogP contribution < -0.4 is 16.0 Å². The summed E-state index contributed by atoms with van der Waals surface area (Å²) >= 11 is 0. The Morgan fingerprint density at radius 2 is 2.11 bits per heavy atom. The molecule has 4 N–H and O–H groups in total. The average molecular weight is 267 g/mol. The van der Waals surface area contributed by atoms with Gasteiger partial charge in [0.15, 0.2) is 0 Å². The van der Waals surface area contributed by atoms with Crippen molar-refractivity contribution in [1.29, 1.82) is 0 Å². The van der Waals surface area contributed by atoms with Gasteiger partial charge in [-0.05, 0) is 38.2 Å². The largest absolute Gasteiger partial charge is 0.492 e. The molecule has 0 aliphatic heterocycles. The van der Waals surface area contributed by atoms with Crippen LogP contribution in [0.15, 0.2) is 24.3 Å². The van der Waals surface area contributed by atoms with Crippen molar-refractivity contribution in [1.82, 2.24) is 10.3 Å². The minimum absolute atomic E-state index is 0.110. The molecular weight excluding hydrogens is 246 g/mol. The van der Waals surface area contributed by atoms with E-state index in [1.807, 2.05) is 18.9 Å². The lowest BCUT2D eigenvalue weighted by Gasteiger charge is -2.22. The summed E-state index contributed by atoms with van der Waals surface area (Å²) in [7, 11) is 1.93. The molecule has 1 atom stereocenters. The number of ether oxygens (including phenoxy) is 1. The van der Waals surface area contributed by atoms with E-state index in [9.17, 15) is 4.79 Å². The molecule has 0 aliphatic rings. The third kappa shape index (κ3) is 4.86. The van der Waals surface area contributed by atoms with E-state index >= 15 is 0 Å². The van der Waals surface area contributed by atoms with Crippen LogP contribution in [0.1, 0.15) is 17.3 Å². The molecular formula is C13H21N3O3. The highest BCUT2D eigenvalue weighted by Gasteiger charge is 2.07. The molecule has 1 rings (SSSR count). The van der Waals surface area contributed by atoms with E-state index in [4.69, 9.17) is 15.7 Å². The molecule has 0 saturated carbocycles. The molecule has 106 valence electrons. The summed E-state index contributed by atoms with van der Waals surface area (Å²) in [5.41, 5.74) is 2.55. The molecule has 6 heteroatoms. The van der Waals surface area contributed by atoms with Gasteiger partial charge in [0.2, 0.25) is 0 Å². The molecule has 6 nitrogen and oxygen atoms in total. The lowest BCUT2D eigenvalue weighted by molar-refractivity contribution is 0.0953. The van der Waals surface area contributed by atoms with Crippen molar-refractivity contribution in [3.8, 4) is 5.75 Å². The molecule has 19 heavy (non-hydrogen) atoms. The van der Waals surface area contributed by atoms with Gasteiger partial charge in [-0.3, -0.25) is 15.1 Å². The van der Waals surface area contributed by atoms with E-state index in [1.54, 1.807) is 24.3 Å². The van der Waals surface area contributed by atoms with Crippen molar-refractivity contribution in [2.45, 2.75) is 13.0 Å². The molecule has 0 bridgehead atoms. The summed E-state index contributed by atoms with van der Waals surface area (Å²) in [6, 6.07) is 6.86. The van der Waals surface area contributed by atoms with Gasteiger partial charge in [0.25, 0.3) is 5.91 Å². The number of nitrogens with one attached hydrogen (secondary N) is 1. The number of carbonyl (C=O) groups is 1. The number of nitrogen functional groups attached to an aromatic ring is 1. The van der Waals surface area contributed by atoms with Gasteiger partial charge in [0.1, 0.15) is 12.4 Å². The number of aliphatic hydroxyl groups is 1. The monoisotopic (exact) mass is 267 g/mol. The highest BCUT2D eigenvalue weighted by atomic mass is 16.5. The molecule has 0 spiro atoms. The molecule has 1 aromatic carbocycles. The second kappa shape index (κ2) is 7.73. The Hall–Kier alpha value is -1.63. The Balaban J connectivity index is 2.40. The Bertz CT molecular complexity index is 395. The molecule has 1 aromatic rings. The Morgan fingerprint density at radius 1 is 1.47 bits per heavy atom. The van der Waals surface area contributed by atoms with Crippen LogP contribution in [-0.2, 0) is 0 Å². The summed E-state index contributed by atoms with van der Waals surface area (Å²) in [5.74, 6) is 5.40. The van der Waals surface area contributed by atoms with Crippen molar-refractivity contribution in [3.63, 3.8) is 0 Å². The maximum Gasteiger partial charge on any atom is 0.265 e. The van der Waals surface area contributed by atoms with Gasteiger partial charge in [-0.1, -0.05) is 0 Å². The van der Waals surface area contributed by atoms with E-state index in [0.717, 1.165) is 0 Å². The van der Waals surface area contributed by atoms with Gasteiger partial charge in [0.05, 0.1) is 6.61 Å². The van der Waals surface area contributed by atoms with E-state index in [0.29, 0.717) is 24.5 Å². The number of nitrogens with zero attached hydrogens (tertiary/aromatic N) is 1. The number of rotatable bonds is 7. The summed E-state index contributed by atoms with van der Waals surface area (Å²) in [6.45, 7) is 3.30. The molecule has 0 fully saturated rings. The number of benzene rings is 1. The zero-order valence-electron chi connectivity index (χ0n) is 11.3. The number of hydrogen-bond donors (Lipinski definition) is 3. The summed E-state index contributed by atoms with van der Waals surface area (Å²) in [4.78, 5) is 13.2. The molecule has 1 unspecified atom stereocenters. The van der Waals surface area contributed by atoms with Crippen molar-refractivity contribution in [2.24, 2.45) is 5.84 Å². The first-order valence-corrected chi connectivity index (χ1v) is 6.13. The predicted octanol–water partition coefficient (Wildman–Crippen LogP) is -0.0185. The third-order valence-electron chi connectivity index (χ3n) is 2.98. The quantitative estimate of drug-likeness (QED) is 0.367. The van der Waals surface area contributed by atoms with Crippen LogP contribution in [0, 0.1) is 0 Å². The Kier molecular flexibility index (Phi) is 6.27. The smallest absolute Gasteiger partial charge is 0.265 e. The first-order chi connectivity index (χ1) is 9.08. The summed E-state index contributed by atoms with van der Waals surface area (Å²) in [5, 5.41) is 9.00. The second-order valence-electron chi connectivity index (χ2n) is 4.36. The highest BCUT2D eigenvalue weighted by Crippen LogP contribution is 2.12. The fourth-order valence-electron chi connectivity index (χ4n) is 1.45. The molecule has 0 heterocycles. The lowest BCUT2D eigenvalue weighted by atomic mass is 10.2. The molecule has 0 aromatic heterocycles. The van der Waals surface area contributed by atoms with E-state index in [2.05, 4.69) is 5.43 Å². The first kappa shape index (κ1) is 15.4. The van der Waals surface area contributed by atoms with Crippen molar-refractivity contribution >= 4 is 5.91 Å². The van der Waals surface area contributed by atoms with Crippen LogP contribution in [0.2, 0.25) is 0 Å². The van der Waals surface area contributed by atoms with Gasteiger partial charge in [-0.2, -0.15) is 0 Å². The topological polar surface area (TPSA) is 87.8 Å². The van der Waals surface area contributed by atoms with Crippen LogP contribution in [0.5, 0.6) is 5.75 Å². The van der Waals surface area contributed by atoms with Crippen LogP contribution in [-0.4, -0.2) is 48.8 Å². The van der Waals surface area contributed by atoms with Crippen molar-refractivity contribution < 1.29 is 14.6 Å². The second-order valence-corrected chi connectivity index (χ2v) is 4.36. The number of nitrogens with two attached hydrogens (primary N) is 1. The van der Waals surface area contributed by atoms with Crippen LogP contribution in [0.25, 0.3) is 0 Å². The number of hydrazine groups is 1. The van der Waals surface area contributed by atoms with Gasteiger partial charge in [-0.25, -0.2) is 5.84 Å². The van der Waals surface area contributed by atoms with Gasteiger partial charge < -0.3 is 9.84 Å². The van der Waals surface area contributed by atoms with Gasteiger partial charge >= 0.3 is 0 Å². The summed E-state index contributed by atoms with van der Waals surface area (Å²) in [6.07, 6.45) is 0. The van der Waals surface area contributed by atoms with Gasteiger partial charge in [0, 0.05) is 18.2 Å². The predicted molar refractivity (Wildman–Crippen MR) is 72.8 cm³/mol. The molecule has 0 aliphatic carbocycles. The molecule has 0 radical (unpaired) electrons. The van der Waals surface area contributed by atoms with Gasteiger partial charge in [-0.15, -0.1) is 0 Å². The fraction of sp³-hybridized carbons (Fsp3) is 0.462. The van der Waals surface area contributed by atoms with Crippen LogP contribution in [0.3, 0.4) is 0 Å². The minimum atomic E-state index is -0.331. The zero-order chi connectivity index (χ0) is 14.3. The standard InChI is InChI=1S/C13H21N3O3/c1-10(9-17)16(2)7-8-19-12-5-3-11(4-6-12)13(18)15-14/h3-6,10,17H,7-9,14H2,1-2H3,(H,15,18). The average Bonchev–Trinajstić information content (AvgIpc) is 2.46. The maximum absolute atomic E-state index is 11.2. The Labute approximate surface area is 113 Å². The molecule has 0 saturated heterocycles. The summed E-state index contributed by atoms with van der Waals surface area (Å²) < 4.78 is 5.55. The first-order valence-electron chi connectivity index (χ1n) is 6.13. The lowest BCUT2D eigenvalue weighted by Crippen LogP contribution is -2.35. The van der Waals surface area contributed by atoms with Crippen molar-refractivity contribution in [2.75, 3.05) is 26.8 Å². The minimum Gasteiger partial charge on any atom is -0.492 e. The number of carbonyl (C=O) groups excluding carboxylic acids is 1. The normalized spacial score (nSPS) is 12.3. The van der Waals surface area contributed by atoms with Crippen molar-refractivity contribution in [3.05, 3.63) is 29.8 Å². The van der Waals surface area contributed by atoms with E-state index < -0.39 is 0 Å². The number of likely N-dealkylation sites (N-methyl/N-ethyl adjacent to an activating group) is 1. The van der Waals surface area contributed by atoms with E-state index in [-0.39, 0.29) is 18.6 Å². The number of amides is 1. The number of hydrogen-bond acceptors (Lipinski definition) is 5. The zero-order valence-corrected chi connectivity index (χ0v) is 11.3. The Morgan fingerprint density at radius 3 is 2.63 bits per heavy atom. The third-order valence-corrected chi connectivity index (χ3v) is 2.98. The fourth-order valence-corrected chi connectivity index (χ4v) is 1.45. The maximum atomic E-state index is 11.2. The van der Waals surface area contributed by atoms with Crippen LogP contribution >= 0.6 is 0 Å². The van der Waals surface area contributed by atoms with E-state index in [1.165, 1.54) is 0 Å². The highest BCUT2D eigenvalue weighted by molar-refractivity contribution is 5.93. The number of aliphatic hydroxyl groups excluding tert-OH is 1. The molecule has 1 amide bonds. The SMILES string of the molecule is CC(CO)N(C)CCOc1ccc(C(=O)NN)cc1.